The SMILES string of the molecule is CC.CC.CC(=O)c1ccc(Cl)c(Cl)c1.CC(=O)c1cccs1. The van der Waals surface area contributed by atoms with E-state index in [-0.39, 0.29) is 11.6 Å². The molecule has 0 unspecified atom stereocenters. The lowest BCUT2D eigenvalue weighted by Gasteiger charge is -1.97. The molecule has 1 aromatic heterocycles. The van der Waals surface area contributed by atoms with Gasteiger partial charge < -0.3 is 0 Å². The molecule has 2 rings (SSSR count). The second-order valence-corrected chi connectivity index (χ2v) is 5.48. The van der Waals surface area contributed by atoms with Gasteiger partial charge in [0.15, 0.2) is 11.6 Å². The molecule has 0 bridgehead atoms. The minimum Gasteiger partial charge on any atom is -0.295 e. The Balaban J connectivity index is 0. The number of carbonyl (C=O) groups excluding carboxylic acids is 2. The Morgan fingerprint density at radius 3 is 1.74 bits per heavy atom. The van der Waals surface area contributed by atoms with Crippen molar-refractivity contribution in [1.29, 1.82) is 0 Å². The van der Waals surface area contributed by atoms with Gasteiger partial charge in [0.05, 0.1) is 14.9 Å². The molecule has 23 heavy (non-hydrogen) atoms. The lowest BCUT2D eigenvalue weighted by Crippen LogP contribution is -1.90. The number of ketones is 2. The van der Waals surface area contributed by atoms with E-state index in [0.717, 1.165) is 4.88 Å². The highest BCUT2D eigenvalue weighted by molar-refractivity contribution is 7.12. The molecule has 2 nitrogen and oxygen atoms in total. The monoisotopic (exact) mass is 374 g/mol. The summed E-state index contributed by atoms with van der Waals surface area (Å²) < 4.78 is 0. The largest absolute Gasteiger partial charge is 0.295 e. The fourth-order valence-electron chi connectivity index (χ4n) is 1.19. The topological polar surface area (TPSA) is 34.1 Å². The van der Waals surface area contributed by atoms with Crippen LogP contribution in [0.2, 0.25) is 10.0 Å². The number of hydrogen-bond donors (Lipinski definition) is 0. The molecule has 0 aliphatic heterocycles. The van der Waals surface area contributed by atoms with Crippen LogP contribution in [0, 0.1) is 0 Å². The molecule has 0 aliphatic rings. The van der Waals surface area contributed by atoms with E-state index >= 15 is 0 Å². The van der Waals surface area contributed by atoms with Gasteiger partial charge in [-0.25, -0.2) is 0 Å². The van der Waals surface area contributed by atoms with Crippen LogP contribution >= 0.6 is 34.5 Å². The zero-order chi connectivity index (χ0) is 18.4. The standard InChI is InChI=1S/C8H6Cl2O.C6H6OS.2C2H6/c1-5(11)6-2-3-7(9)8(10)4-6;1-5(7)6-3-2-4-8-6;2*1-2/h2-4H,1H3;2-4H,1H3;2*1-2H3. The van der Waals surface area contributed by atoms with Gasteiger partial charge in [0, 0.05) is 5.56 Å². The summed E-state index contributed by atoms with van der Waals surface area (Å²) >= 11 is 12.8. The van der Waals surface area contributed by atoms with Crippen molar-refractivity contribution in [2.24, 2.45) is 0 Å². The van der Waals surface area contributed by atoms with Gasteiger partial charge in [-0.3, -0.25) is 9.59 Å². The quantitative estimate of drug-likeness (QED) is 0.520. The van der Waals surface area contributed by atoms with Crippen molar-refractivity contribution < 1.29 is 9.59 Å². The van der Waals surface area contributed by atoms with Gasteiger partial charge >= 0.3 is 0 Å². The van der Waals surface area contributed by atoms with Crippen LogP contribution in [0.1, 0.15) is 61.6 Å². The van der Waals surface area contributed by atoms with E-state index in [1.54, 1.807) is 25.1 Å². The number of halogens is 2. The van der Waals surface area contributed by atoms with Crippen molar-refractivity contribution in [2.75, 3.05) is 0 Å². The first-order valence-corrected chi connectivity index (χ1v) is 9.05. The van der Waals surface area contributed by atoms with Crippen molar-refractivity contribution in [1.82, 2.24) is 0 Å². The summed E-state index contributed by atoms with van der Waals surface area (Å²) in [5.41, 5.74) is 0.583. The van der Waals surface area contributed by atoms with Crippen LogP contribution in [0.5, 0.6) is 0 Å². The van der Waals surface area contributed by atoms with Gasteiger partial charge in [0.1, 0.15) is 0 Å². The first kappa shape index (κ1) is 24.1. The molecule has 0 atom stereocenters. The number of rotatable bonds is 2. The number of benzene rings is 1. The molecule has 0 saturated heterocycles. The Morgan fingerprint density at radius 2 is 1.43 bits per heavy atom. The zero-order valence-electron chi connectivity index (χ0n) is 14.4. The highest BCUT2D eigenvalue weighted by Crippen LogP contribution is 2.22. The fraction of sp³-hybridized carbons (Fsp3) is 0.333. The van der Waals surface area contributed by atoms with E-state index in [0.29, 0.717) is 15.6 Å². The second kappa shape index (κ2) is 14.4. The summed E-state index contributed by atoms with van der Waals surface area (Å²) in [5, 5.41) is 2.78. The molecule has 1 heterocycles. The number of thiophene rings is 1. The number of hydrogen-bond acceptors (Lipinski definition) is 3. The first-order valence-electron chi connectivity index (χ1n) is 7.42. The molecular weight excluding hydrogens is 351 g/mol. The Hall–Kier alpha value is -1.16. The summed E-state index contributed by atoms with van der Waals surface area (Å²) in [4.78, 5) is 22.2. The fourth-order valence-corrected chi connectivity index (χ4v) is 2.12. The van der Waals surface area contributed by atoms with Crippen molar-refractivity contribution in [2.45, 2.75) is 41.5 Å². The average molecular weight is 375 g/mol. The molecule has 128 valence electrons. The molecule has 5 heteroatoms. The Bertz CT molecular complexity index is 579. The molecule has 0 N–H and O–H groups in total. The van der Waals surface area contributed by atoms with Crippen molar-refractivity contribution in [3.63, 3.8) is 0 Å². The van der Waals surface area contributed by atoms with Crippen molar-refractivity contribution in [3.8, 4) is 0 Å². The van der Waals surface area contributed by atoms with Gasteiger partial charge in [-0.05, 0) is 43.5 Å². The van der Waals surface area contributed by atoms with Crippen LogP contribution in [0.25, 0.3) is 0 Å². The van der Waals surface area contributed by atoms with E-state index in [2.05, 4.69) is 0 Å². The van der Waals surface area contributed by atoms with E-state index < -0.39 is 0 Å². The molecule has 0 fully saturated rings. The maximum atomic E-state index is 10.8. The third kappa shape index (κ3) is 10.3. The minimum atomic E-state index is -0.0106. The lowest BCUT2D eigenvalue weighted by molar-refractivity contribution is 0.101. The summed E-state index contributed by atoms with van der Waals surface area (Å²) in [5.74, 6) is 0.142. The van der Waals surface area contributed by atoms with Crippen LogP contribution < -0.4 is 0 Å². The third-order valence-electron chi connectivity index (χ3n) is 2.19. The molecule has 0 radical (unpaired) electrons. The highest BCUT2D eigenvalue weighted by atomic mass is 35.5. The van der Waals surface area contributed by atoms with Crippen LogP contribution in [0.4, 0.5) is 0 Å². The lowest BCUT2D eigenvalue weighted by atomic mass is 10.1. The van der Waals surface area contributed by atoms with Gasteiger partial charge in [0.2, 0.25) is 0 Å². The van der Waals surface area contributed by atoms with E-state index in [9.17, 15) is 9.59 Å². The van der Waals surface area contributed by atoms with Crippen LogP contribution in [0.15, 0.2) is 35.7 Å². The van der Waals surface area contributed by atoms with Crippen LogP contribution in [-0.2, 0) is 0 Å². The minimum absolute atomic E-state index is 0.0106. The second-order valence-electron chi connectivity index (χ2n) is 3.72. The summed E-state index contributed by atoms with van der Waals surface area (Å²) in [6, 6.07) is 8.53. The van der Waals surface area contributed by atoms with Gasteiger partial charge in [0.25, 0.3) is 0 Å². The predicted molar refractivity (Wildman–Crippen MR) is 103 cm³/mol. The maximum Gasteiger partial charge on any atom is 0.169 e. The molecule has 2 aromatic rings. The third-order valence-corrected chi connectivity index (χ3v) is 3.90. The molecule has 0 saturated carbocycles. The molecule has 1 aromatic carbocycles. The maximum absolute atomic E-state index is 10.8. The molecule has 0 spiro atoms. The molecular formula is C18H24Cl2O2S. The highest BCUT2D eigenvalue weighted by Gasteiger charge is 2.01. The summed E-state index contributed by atoms with van der Waals surface area (Å²) in [6.45, 7) is 11.1. The molecule has 0 amide bonds. The molecule has 0 aliphatic carbocycles. The first-order chi connectivity index (χ1) is 10.9. The van der Waals surface area contributed by atoms with E-state index in [4.69, 9.17) is 23.2 Å². The van der Waals surface area contributed by atoms with Gasteiger partial charge in [-0.2, -0.15) is 0 Å². The van der Waals surface area contributed by atoms with Crippen molar-refractivity contribution >= 4 is 46.1 Å². The Labute approximate surface area is 153 Å². The Kier molecular flexibility index (Phi) is 15.1. The summed E-state index contributed by atoms with van der Waals surface area (Å²) in [7, 11) is 0. The van der Waals surface area contributed by atoms with E-state index in [1.165, 1.54) is 18.3 Å². The van der Waals surface area contributed by atoms with Crippen LogP contribution in [0.3, 0.4) is 0 Å². The van der Waals surface area contributed by atoms with Gasteiger partial charge in [-0.15, -0.1) is 11.3 Å². The Morgan fingerprint density at radius 1 is 0.870 bits per heavy atom. The smallest absolute Gasteiger partial charge is 0.169 e. The summed E-state index contributed by atoms with van der Waals surface area (Å²) in [6.07, 6.45) is 0. The average Bonchev–Trinajstić information content (AvgIpc) is 3.09. The van der Waals surface area contributed by atoms with Crippen LogP contribution in [-0.4, -0.2) is 11.6 Å². The van der Waals surface area contributed by atoms with Crippen molar-refractivity contribution in [3.05, 3.63) is 56.2 Å². The zero-order valence-corrected chi connectivity index (χ0v) is 16.8. The van der Waals surface area contributed by atoms with Gasteiger partial charge in [-0.1, -0.05) is 57.0 Å². The normalized spacial score (nSPS) is 8.35. The number of carbonyl (C=O) groups is 2. The predicted octanol–water partition coefficient (Wildman–Crippen LogP) is 7.20. The number of Topliss-reactive ketones (excluding diaryl/α,β-unsaturated/α-hetero) is 2. The van der Waals surface area contributed by atoms with E-state index in [1.807, 2.05) is 45.2 Å².